The van der Waals surface area contributed by atoms with Crippen molar-refractivity contribution in [3.8, 4) is 5.69 Å². The van der Waals surface area contributed by atoms with Gasteiger partial charge in [-0.25, -0.2) is 0 Å². The summed E-state index contributed by atoms with van der Waals surface area (Å²) >= 11 is 0. The molecule has 0 spiro atoms. The van der Waals surface area contributed by atoms with Crippen molar-refractivity contribution in [2.45, 2.75) is 89.0 Å². The zero-order chi connectivity index (χ0) is 29.0. The molecule has 1 aliphatic heterocycles. The molecule has 0 saturated carbocycles. The van der Waals surface area contributed by atoms with Crippen molar-refractivity contribution in [2.75, 3.05) is 0 Å². The van der Waals surface area contributed by atoms with Crippen LogP contribution in [-0.4, -0.2) is 9.47 Å². The fraction of sp³-hybridized carbons (Fsp3) is 0.381. The summed E-state index contributed by atoms with van der Waals surface area (Å²) in [7, 11) is 0. The van der Waals surface area contributed by atoms with Crippen molar-refractivity contribution in [3.05, 3.63) is 136 Å². The average molecular weight is 577 g/mol. The van der Waals surface area contributed by atoms with Crippen molar-refractivity contribution in [3.63, 3.8) is 0 Å². The van der Waals surface area contributed by atoms with Gasteiger partial charge < -0.3 is 9.47 Å². The van der Waals surface area contributed by atoms with E-state index in [9.17, 15) is 0 Å². The molecule has 2 heterocycles. The Morgan fingerprint density at radius 3 is 2.20 bits per heavy atom. The van der Waals surface area contributed by atoms with Gasteiger partial charge in [0.05, 0.1) is 11.7 Å². The standard InChI is InChI=1S/C42H44N2/c1-3-11-29(12-4-1)31-19-23-33(24-20-31)43-39-17-9-7-15-35(39)37-27-28-38-36-16-8-10-18-40(36)44(42(38)41(37)43)34-25-21-32(22-26-34)30-13-5-2-6-14-30/h1-3,5,7,10,15,18-21,23-25,27-30,38,42H,4,6,8-9,11-14,16-17,22,26H2. The highest BCUT2D eigenvalue weighted by atomic mass is 15.2. The summed E-state index contributed by atoms with van der Waals surface area (Å²) in [6.07, 6.45) is 43.6. The molecule has 44 heavy (non-hydrogen) atoms. The number of fused-ring (bicyclic) bond motifs is 6. The fourth-order valence-electron chi connectivity index (χ4n) is 9.39. The van der Waals surface area contributed by atoms with Crippen LogP contribution >= 0.6 is 0 Å². The number of hydrogen-bond acceptors (Lipinski definition) is 1. The Bertz CT molecular complexity index is 1730. The lowest BCUT2D eigenvalue weighted by molar-refractivity contribution is 0.301. The van der Waals surface area contributed by atoms with Crippen LogP contribution in [0.4, 0.5) is 0 Å². The van der Waals surface area contributed by atoms with Crippen molar-refractivity contribution in [1.82, 2.24) is 9.47 Å². The Morgan fingerprint density at radius 1 is 0.636 bits per heavy atom. The van der Waals surface area contributed by atoms with E-state index in [0.717, 1.165) is 31.6 Å². The van der Waals surface area contributed by atoms with E-state index in [1.165, 1.54) is 96.5 Å². The lowest BCUT2D eigenvalue weighted by Gasteiger charge is -2.37. The predicted molar refractivity (Wildman–Crippen MR) is 183 cm³/mol. The Labute approximate surface area is 263 Å². The Balaban J connectivity index is 1.16. The second-order valence-electron chi connectivity index (χ2n) is 13.9. The molecule has 7 aliphatic rings. The van der Waals surface area contributed by atoms with Crippen LogP contribution in [0.2, 0.25) is 0 Å². The summed E-state index contributed by atoms with van der Waals surface area (Å²) in [6, 6.07) is 10.0. The number of allylic oxidation sites excluding steroid dienone is 11. The maximum Gasteiger partial charge on any atom is 0.0850 e. The highest BCUT2D eigenvalue weighted by molar-refractivity contribution is 5.76. The van der Waals surface area contributed by atoms with Crippen LogP contribution in [-0.2, 0) is 6.42 Å². The maximum atomic E-state index is 2.79. The summed E-state index contributed by atoms with van der Waals surface area (Å²) in [5.74, 6) is 1.83. The molecule has 9 rings (SSSR count). The summed E-state index contributed by atoms with van der Waals surface area (Å²) in [5, 5.41) is 0. The minimum atomic E-state index is 0.309. The molecule has 2 aromatic rings. The van der Waals surface area contributed by atoms with Gasteiger partial charge in [0.1, 0.15) is 0 Å². The molecule has 0 N–H and O–H groups in total. The SMILES string of the molecule is C1=CC2=C(CC1)C1C=Cc3c4c(n(-c5ccc(C6CC=CCC6)cc5)c3C1N2C1=CC=C(C2CC=CCC2)CC1)CCC=C4. The monoisotopic (exact) mass is 576 g/mol. The second kappa shape index (κ2) is 11.0. The molecule has 4 unspecified atom stereocenters. The lowest BCUT2D eigenvalue weighted by atomic mass is 9.81. The fourth-order valence-corrected chi connectivity index (χ4v) is 9.39. The molecule has 6 aliphatic carbocycles. The molecular formula is C42H44N2. The third-order valence-corrected chi connectivity index (χ3v) is 11.6. The highest BCUT2D eigenvalue weighted by Crippen LogP contribution is 2.56. The third-order valence-electron chi connectivity index (χ3n) is 11.6. The first-order valence-corrected chi connectivity index (χ1v) is 17.5. The molecule has 0 radical (unpaired) electrons. The molecule has 0 saturated heterocycles. The molecule has 2 heteroatoms. The predicted octanol–water partition coefficient (Wildman–Crippen LogP) is 10.8. The van der Waals surface area contributed by atoms with Crippen molar-refractivity contribution in [1.29, 1.82) is 0 Å². The second-order valence-corrected chi connectivity index (χ2v) is 13.9. The molecule has 1 aromatic heterocycles. The highest BCUT2D eigenvalue weighted by Gasteiger charge is 2.46. The minimum absolute atomic E-state index is 0.309. The first-order chi connectivity index (χ1) is 21.8. The van der Waals surface area contributed by atoms with Gasteiger partial charge in [0.15, 0.2) is 0 Å². The largest absolute Gasteiger partial charge is 0.335 e. The van der Waals surface area contributed by atoms with Crippen LogP contribution in [0.5, 0.6) is 0 Å². The average Bonchev–Trinajstić information content (AvgIpc) is 3.62. The van der Waals surface area contributed by atoms with Crippen LogP contribution in [0.25, 0.3) is 17.8 Å². The number of hydrogen-bond donors (Lipinski definition) is 0. The van der Waals surface area contributed by atoms with Gasteiger partial charge in [-0.3, -0.25) is 0 Å². The van der Waals surface area contributed by atoms with E-state index in [2.05, 4.69) is 107 Å². The quantitative estimate of drug-likeness (QED) is 0.329. The molecule has 222 valence electrons. The summed E-state index contributed by atoms with van der Waals surface area (Å²) in [4.78, 5) is 2.79. The van der Waals surface area contributed by atoms with Gasteiger partial charge >= 0.3 is 0 Å². The summed E-state index contributed by atoms with van der Waals surface area (Å²) in [5.41, 5.74) is 15.1. The molecule has 4 atom stereocenters. The molecule has 0 bridgehead atoms. The lowest BCUT2D eigenvalue weighted by Crippen LogP contribution is -2.30. The van der Waals surface area contributed by atoms with Crippen LogP contribution < -0.4 is 0 Å². The van der Waals surface area contributed by atoms with E-state index in [0.29, 0.717) is 17.9 Å². The number of benzene rings is 1. The first kappa shape index (κ1) is 26.6. The molecular weight excluding hydrogens is 532 g/mol. The molecule has 2 nitrogen and oxygen atoms in total. The normalized spacial score (nSPS) is 28.4. The van der Waals surface area contributed by atoms with Crippen LogP contribution in [0.1, 0.15) is 111 Å². The Hall–Kier alpha value is -3.78. The van der Waals surface area contributed by atoms with Crippen LogP contribution in [0.15, 0.2) is 108 Å². The Morgan fingerprint density at radius 2 is 1.43 bits per heavy atom. The summed E-state index contributed by atoms with van der Waals surface area (Å²) in [6.45, 7) is 0. The maximum absolute atomic E-state index is 2.79. The van der Waals surface area contributed by atoms with Gasteiger partial charge in [-0.2, -0.15) is 0 Å². The van der Waals surface area contributed by atoms with E-state index in [1.807, 2.05) is 0 Å². The number of aromatic nitrogens is 1. The van der Waals surface area contributed by atoms with Crippen LogP contribution in [0, 0.1) is 11.8 Å². The molecule has 0 fully saturated rings. The van der Waals surface area contributed by atoms with Crippen molar-refractivity contribution < 1.29 is 0 Å². The zero-order valence-corrected chi connectivity index (χ0v) is 25.9. The van der Waals surface area contributed by atoms with Gasteiger partial charge in [0.2, 0.25) is 0 Å². The van der Waals surface area contributed by atoms with E-state index < -0.39 is 0 Å². The van der Waals surface area contributed by atoms with Gasteiger partial charge in [-0.05, 0) is 124 Å². The molecule has 0 amide bonds. The van der Waals surface area contributed by atoms with Gasteiger partial charge in [0, 0.05) is 39.8 Å². The third kappa shape index (κ3) is 4.28. The van der Waals surface area contributed by atoms with Gasteiger partial charge in [-0.15, -0.1) is 0 Å². The zero-order valence-electron chi connectivity index (χ0n) is 25.9. The smallest absolute Gasteiger partial charge is 0.0850 e. The van der Waals surface area contributed by atoms with E-state index in [1.54, 1.807) is 11.1 Å². The van der Waals surface area contributed by atoms with Gasteiger partial charge in [-0.1, -0.05) is 78.5 Å². The van der Waals surface area contributed by atoms with E-state index >= 15 is 0 Å². The van der Waals surface area contributed by atoms with E-state index in [-0.39, 0.29) is 0 Å². The first-order valence-electron chi connectivity index (χ1n) is 17.5. The Kier molecular flexibility index (Phi) is 6.64. The van der Waals surface area contributed by atoms with Crippen molar-refractivity contribution in [2.24, 2.45) is 11.8 Å². The van der Waals surface area contributed by atoms with Gasteiger partial charge in [0.25, 0.3) is 0 Å². The number of rotatable bonds is 4. The topological polar surface area (TPSA) is 8.17 Å². The number of nitrogens with zero attached hydrogens (tertiary/aromatic N) is 2. The van der Waals surface area contributed by atoms with E-state index in [4.69, 9.17) is 0 Å². The van der Waals surface area contributed by atoms with Crippen molar-refractivity contribution >= 4 is 12.2 Å². The molecule has 1 aromatic carbocycles. The minimum Gasteiger partial charge on any atom is -0.335 e. The summed E-state index contributed by atoms with van der Waals surface area (Å²) < 4.78 is 2.70. The van der Waals surface area contributed by atoms with Crippen LogP contribution in [0.3, 0.4) is 0 Å².